The van der Waals surface area contributed by atoms with Crippen LogP contribution in [0.3, 0.4) is 0 Å². The molecule has 1 atom stereocenters. The van der Waals surface area contributed by atoms with Crippen LogP contribution in [-0.2, 0) is 9.59 Å². The van der Waals surface area contributed by atoms with Crippen LogP contribution in [0, 0.1) is 0 Å². The molecule has 3 aromatic carbocycles. The normalized spacial score (nSPS) is 16.7. The molecule has 0 bridgehead atoms. The monoisotopic (exact) mass is 370 g/mol. The minimum atomic E-state index is -0.563. The highest BCUT2D eigenvalue weighted by Gasteiger charge is 2.39. The number of amides is 2. The number of carbonyl (C=O) groups excluding carboxylic acids is 2. The summed E-state index contributed by atoms with van der Waals surface area (Å²) in [5, 5.41) is 11.5. The van der Waals surface area contributed by atoms with E-state index in [4.69, 9.17) is 0 Å². The molecule has 0 spiro atoms. The number of anilines is 2. The van der Waals surface area contributed by atoms with E-state index in [0.29, 0.717) is 11.4 Å². The third-order valence-electron chi connectivity index (χ3n) is 4.41. The van der Waals surface area contributed by atoms with Gasteiger partial charge in [-0.1, -0.05) is 36.4 Å². The Labute approximate surface area is 162 Å². The van der Waals surface area contributed by atoms with Crippen LogP contribution in [0.4, 0.5) is 22.7 Å². The smallest absolute Gasteiger partial charge is 0.256 e. The first-order valence-corrected chi connectivity index (χ1v) is 8.96. The Balaban J connectivity index is 1.47. The Hall–Kier alpha value is -3.80. The summed E-state index contributed by atoms with van der Waals surface area (Å²) in [5.41, 5.74) is 2.75. The van der Waals surface area contributed by atoms with Gasteiger partial charge in [-0.3, -0.25) is 9.59 Å². The standard InChI is InChI=1S/C22H18N4O2/c27-21-15-20(23-16-7-3-1-4-8-16)22(28)26(21)19-13-11-18(12-14-19)25-24-17-9-5-2-6-10-17/h1-14,20,23H,15H2/t20-/m0/s1. The van der Waals surface area contributed by atoms with Crippen LogP contribution in [-0.4, -0.2) is 17.9 Å². The number of hydrogen-bond donors (Lipinski definition) is 1. The van der Waals surface area contributed by atoms with Gasteiger partial charge in [0.2, 0.25) is 5.91 Å². The van der Waals surface area contributed by atoms with Crippen LogP contribution in [0.5, 0.6) is 0 Å². The molecule has 1 fully saturated rings. The van der Waals surface area contributed by atoms with Crippen molar-refractivity contribution in [1.29, 1.82) is 0 Å². The lowest BCUT2D eigenvalue weighted by atomic mass is 10.2. The number of nitrogens with zero attached hydrogens (tertiary/aromatic N) is 3. The van der Waals surface area contributed by atoms with Crippen molar-refractivity contribution in [2.75, 3.05) is 10.2 Å². The number of rotatable bonds is 5. The molecular formula is C22H18N4O2. The molecule has 3 aromatic rings. The molecule has 28 heavy (non-hydrogen) atoms. The highest BCUT2D eigenvalue weighted by atomic mass is 16.2. The Kier molecular flexibility index (Phi) is 4.93. The third-order valence-corrected chi connectivity index (χ3v) is 4.41. The van der Waals surface area contributed by atoms with Gasteiger partial charge in [0, 0.05) is 5.69 Å². The van der Waals surface area contributed by atoms with Crippen molar-refractivity contribution >= 4 is 34.6 Å². The van der Waals surface area contributed by atoms with Crippen LogP contribution in [0.15, 0.2) is 95.2 Å². The van der Waals surface area contributed by atoms with E-state index < -0.39 is 6.04 Å². The molecule has 0 radical (unpaired) electrons. The molecule has 4 rings (SSSR count). The highest BCUT2D eigenvalue weighted by molar-refractivity contribution is 6.23. The maximum absolute atomic E-state index is 12.7. The fourth-order valence-corrected chi connectivity index (χ4v) is 3.03. The predicted octanol–water partition coefficient (Wildman–Crippen LogP) is 4.85. The predicted molar refractivity (Wildman–Crippen MR) is 108 cm³/mol. The van der Waals surface area contributed by atoms with E-state index in [2.05, 4.69) is 15.5 Å². The number of azo groups is 1. The topological polar surface area (TPSA) is 74.1 Å². The lowest BCUT2D eigenvalue weighted by Crippen LogP contribution is -2.34. The highest BCUT2D eigenvalue weighted by Crippen LogP contribution is 2.27. The second-order valence-electron chi connectivity index (χ2n) is 6.39. The fraction of sp³-hybridized carbons (Fsp3) is 0.0909. The van der Waals surface area contributed by atoms with Gasteiger partial charge in [-0.25, -0.2) is 4.90 Å². The quantitative estimate of drug-likeness (QED) is 0.515. The molecule has 0 saturated carbocycles. The molecule has 0 unspecified atom stereocenters. The average Bonchev–Trinajstić information content (AvgIpc) is 3.01. The van der Waals surface area contributed by atoms with E-state index in [9.17, 15) is 9.59 Å². The van der Waals surface area contributed by atoms with Gasteiger partial charge in [0.25, 0.3) is 5.91 Å². The summed E-state index contributed by atoms with van der Waals surface area (Å²) < 4.78 is 0. The molecule has 1 aliphatic heterocycles. The van der Waals surface area contributed by atoms with E-state index in [1.54, 1.807) is 24.3 Å². The van der Waals surface area contributed by atoms with Crippen molar-refractivity contribution < 1.29 is 9.59 Å². The van der Waals surface area contributed by atoms with Crippen LogP contribution in [0.2, 0.25) is 0 Å². The van der Waals surface area contributed by atoms with Gasteiger partial charge >= 0.3 is 0 Å². The van der Waals surface area contributed by atoms with Crippen LogP contribution in [0.1, 0.15) is 6.42 Å². The summed E-state index contributed by atoms with van der Waals surface area (Å²) in [7, 11) is 0. The summed E-state index contributed by atoms with van der Waals surface area (Å²) in [5.74, 6) is -0.482. The summed E-state index contributed by atoms with van der Waals surface area (Å²) in [4.78, 5) is 26.3. The Morgan fingerprint density at radius 1 is 0.750 bits per heavy atom. The van der Waals surface area contributed by atoms with Gasteiger partial charge in [0.05, 0.1) is 23.5 Å². The molecule has 0 aliphatic carbocycles. The number of carbonyl (C=O) groups is 2. The number of hydrogen-bond acceptors (Lipinski definition) is 5. The maximum atomic E-state index is 12.7. The minimum absolute atomic E-state index is 0.128. The number of nitrogens with one attached hydrogen (secondary N) is 1. The second kappa shape index (κ2) is 7.84. The summed E-state index contributed by atoms with van der Waals surface area (Å²) in [6, 6.07) is 25.1. The van der Waals surface area contributed by atoms with Crippen molar-refractivity contribution in [3.63, 3.8) is 0 Å². The lowest BCUT2D eigenvalue weighted by molar-refractivity contribution is -0.121. The van der Waals surface area contributed by atoms with Crippen molar-refractivity contribution in [2.24, 2.45) is 10.2 Å². The molecule has 1 saturated heterocycles. The number of imide groups is 1. The van der Waals surface area contributed by atoms with Crippen LogP contribution in [0.25, 0.3) is 0 Å². The van der Waals surface area contributed by atoms with E-state index in [1.807, 2.05) is 60.7 Å². The van der Waals surface area contributed by atoms with Gasteiger partial charge in [0.15, 0.2) is 0 Å². The molecule has 6 nitrogen and oxygen atoms in total. The fourth-order valence-electron chi connectivity index (χ4n) is 3.03. The first kappa shape index (κ1) is 17.6. The van der Waals surface area contributed by atoms with Crippen molar-refractivity contribution in [3.8, 4) is 0 Å². The molecule has 1 aliphatic rings. The van der Waals surface area contributed by atoms with Crippen molar-refractivity contribution in [1.82, 2.24) is 0 Å². The molecule has 2 amide bonds. The number of para-hydroxylation sites is 1. The summed E-state index contributed by atoms with van der Waals surface area (Å²) in [6.45, 7) is 0. The van der Waals surface area contributed by atoms with Crippen molar-refractivity contribution in [2.45, 2.75) is 12.5 Å². The SMILES string of the molecule is O=C1C[C@H](Nc2ccccc2)C(=O)N1c1ccc(N=Nc2ccccc2)cc1. The number of benzene rings is 3. The van der Waals surface area contributed by atoms with E-state index in [1.165, 1.54) is 4.90 Å². The first-order valence-electron chi connectivity index (χ1n) is 8.96. The second-order valence-corrected chi connectivity index (χ2v) is 6.39. The maximum Gasteiger partial charge on any atom is 0.256 e. The largest absolute Gasteiger partial charge is 0.373 e. The van der Waals surface area contributed by atoms with Crippen molar-refractivity contribution in [3.05, 3.63) is 84.9 Å². The van der Waals surface area contributed by atoms with E-state index in [-0.39, 0.29) is 18.2 Å². The molecule has 1 N–H and O–H groups in total. The van der Waals surface area contributed by atoms with Gasteiger partial charge in [-0.15, -0.1) is 0 Å². The Bertz CT molecular complexity index is 1000. The van der Waals surface area contributed by atoms with Crippen LogP contribution < -0.4 is 10.2 Å². The van der Waals surface area contributed by atoms with Gasteiger partial charge in [0.1, 0.15) is 6.04 Å². The molecule has 138 valence electrons. The zero-order chi connectivity index (χ0) is 19.3. The zero-order valence-corrected chi connectivity index (χ0v) is 15.0. The third kappa shape index (κ3) is 3.81. The van der Waals surface area contributed by atoms with Gasteiger partial charge in [-0.2, -0.15) is 10.2 Å². The van der Waals surface area contributed by atoms with Crippen LogP contribution >= 0.6 is 0 Å². The lowest BCUT2D eigenvalue weighted by Gasteiger charge is -2.16. The van der Waals surface area contributed by atoms with E-state index in [0.717, 1.165) is 11.4 Å². The molecule has 6 heteroatoms. The van der Waals surface area contributed by atoms with Gasteiger partial charge < -0.3 is 5.32 Å². The Morgan fingerprint density at radius 2 is 1.32 bits per heavy atom. The van der Waals surface area contributed by atoms with Gasteiger partial charge in [-0.05, 0) is 48.5 Å². The molecule has 0 aromatic heterocycles. The Morgan fingerprint density at radius 3 is 1.96 bits per heavy atom. The summed E-state index contributed by atoms with van der Waals surface area (Å²) in [6.07, 6.45) is 0.128. The summed E-state index contributed by atoms with van der Waals surface area (Å²) >= 11 is 0. The first-order chi connectivity index (χ1) is 13.7. The average molecular weight is 370 g/mol. The molecular weight excluding hydrogens is 352 g/mol. The van der Waals surface area contributed by atoms with E-state index >= 15 is 0 Å². The molecule has 1 heterocycles. The zero-order valence-electron chi connectivity index (χ0n) is 15.0. The minimum Gasteiger partial charge on any atom is -0.373 e.